The number of carbonyl (C=O) groups excluding carboxylic acids is 1. The van der Waals surface area contributed by atoms with Crippen LogP contribution in [0.15, 0.2) is 68.7 Å². The Kier molecular flexibility index (Phi) is 6.16. The van der Waals surface area contributed by atoms with Crippen molar-refractivity contribution in [3.63, 3.8) is 0 Å². The van der Waals surface area contributed by atoms with Crippen LogP contribution in [0, 0.1) is 6.92 Å². The number of aromatic nitrogens is 3. The molecule has 0 aliphatic carbocycles. The number of unbranched alkanes of at least 4 members (excludes halogenated alkanes) is 1. The van der Waals surface area contributed by atoms with E-state index in [1.54, 1.807) is 43.5 Å². The van der Waals surface area contributed by atoms with Crippen molar-refractivity contribution in [1.82, 2.24) is 19.9 Å². The van der Waals surface area contributed by atoms with E-state index in [0.29, 0.717) is 12.2 Å². The lowest BCUT2D eigenvalue weighted by atomic mass is 10.1. The number of aromatic amines is 1. The SMILES string of the molecule is Cc1oc2[nH]c(=O)n(-c3ccccc3)c(=O)c2c1C(=O)NCCCCNc1ccccn1. The molecule has 1 aromatic carbocycles. The van der Waals surface area contributed by atoms with Gasteiger partial charge in [0, 0.05) is 19.3 Å². The molecule has 0 spiro atoms. The fourth-order valence-electron chi connectivity index (χ4n) is 3.50. The number of rotatable bonds is 8. The third-order valence-electron chi connectivity index (χ3n) is 5.03. The minimum absolute atomic E-state index is 0.00519. The normalized spacial score (nSPS) is 10.9. The summed E-state index contributed by atoms with van der Waals surface area (Å²) in [6.45, 7) is 2.75. The van der Waals surface area contributed by atoms with Crippen molar-refractivity contribution in [3.05, 3.63) is 86.9 Å². The topological polar surface area (TPSA) is 122 Å². The monoisotopic (exact) mass is 433 g/mol. The number of nitrogens with one attached hydrogen (secondary N) is 3. The quantitative estimate of drug-likeness (QED) is 0.367. The zero-order valence-electron chi connectivity index (χ0n) is 17.6. The molecule has 0 saturated heterocycles. The van der Waals surface area contributed by atoms with Gasteiger partial charge in [0.1, 0.15) is 17.0 Å². The Morgan fingerprint density at radius 3 is 2.56 bits per heavy atom. The summed E-state index contributed by atoms with van der Waals surface area (Å²) in [5.41, 5.74) is -0.690. The highest BCUT2D eigenvalue weighted by atomic mass is 16.3. The first-order valence-corrected chi connectivity index (χ1v) is 10.3. The number of benzene rings is 1. The first-order chi connectivity index (χ1) is 15.6. The predicted molar refractivity (Wildman–Crippen MR) is 121 cm³/mol. The second-order valence-electron chi connectivity index (χ2n) is 7.25. The van der Waals surface area contributed by atoms with Crippen molar-refractivity contribution in [2.45, 2.75) is 19.8 Å². The van der Waals surface area contributed by atoms with E-state index in [0.717, 1.165) is 29.8 Å². The Morgan fingerprint density at radius 1 is 1.06 bits per heavy atom. The highest BCUT2D eigenvalue weighted by Gasteiger charge is 2.23. The third-order valence-corrected chi connectivity index (χ3v) is 5.03. The van der Waals surface area contributed by atoms with E-state index < -0.39 is 17.2 Å². The van der Waals surface area contributed by atoms with Crippen molar-refractivity contribution >= 4 is 22.8 Å². The Balaban J connectivity index is 1.47. The van der Waals surface area contributed by atoms with Crippen LogP contribution < -0.4 is 21.9 Å². The molecule has 3 heterocycles. The van der Waals surface area contributed by atoms with Gasteiger partial charge in [0.15, 0.2) is 0 Å². The van der Waals surface area contributed by atoms with E-state index >= 15 is 0 Å². The zero-order chi connectivity index (χ0) is 22.5. The molecule has 0 fully saturated rings. The number of hydrogen-bond acceptors (Lipinski definition) is 6. The molecule has 1 amide bonds. The van der Waals surface area contributed by atoms with Crippen LogP contribution in [0.3, 0.4) is 0 Å². The van der Waals surface area contributed by atoms with Gasteiger partial charge in [0.05, 0.1) is 11.3 Å². The van der Waals surface area contributed by atoms with Gasteiger partial charge < -0.3 is 15.1 Å². The summed E-state index contributed by atoms with van der Waals surface area (Å²) < 4.78 is 6.52. The van der Waals surface area contributed by atoms with Gasteiger partial charge in [-0.05, 0) is 44.0 Å². The maximum atomic E-state index is 13.1. The van der Waals surface area contributed by atoms with Crippen LogP contribution >= 0.6 is 0 Å². The molecular formula is C23H23N5O4. The Hall–Kier alpha value is -4.14. The predicted octanol–water partition coefficient (Wildman–Crippen LogP) is 2.60. The summed E-state index contributed by atoms with van der Waals surface area (Å²) in [5.74, 6) is 0.663. The molecular weight excluding hydrogens is 410 g/mol. The molecule has 0 radical (unpaired) electrons. The molecule has 32 heavy (non-hydrogen) atoms. The molecule has 3 N–H and O–H groups in total. The van der Waals surface area contributed by atoms with E-state index in [4.69, 9.17) is 4.42 Å². The van der Waals surface area contributed by atoms with E-state index in [2.05, 4.69) is 20.6 Å². The number of amides is 1. The van der Waals surface area contributed by atoms with Gasteiger partial charge in [-0.2, -0.15) is 0 Å². The van der Waals surface area contributed by atoms with E-state index in [1.807, 2.05) is 18.2 Å². The largest absolute Gasteiger partial charge is 0.444 e. The minimum Gasteiger partial charge on any atom is -0.444 e. The fourth-order valence-corrected chi connectivity index (χ4v) is 3.50. The number of hydrogen-bond donors (Lipinski definition) is 3. The number of H-pyrrole nitrogens is 1. The summed E-state index contributed by atoms with van der Waals surface area (Å²) in [5, 5.41) is 6.10. The number of carbonyl (C=O) groups is 1. The minimum atomic E-state index is -0.630. The zero-order valence-corrected chi connectivity index (χ0v) is 17.6. The summed E-state index contributed by atoms with van der Waals surface area (Å²) in [6, 6.07) is 14.2. The van der Waals surface area contributed by atoms with E-state index in [-0.39, 0.29) is 22.4 Å². The third kappa shape index (κ3) is 4.31. The van der Waals surface area contributed by atoms with Gasteiger partial charge in [-0.25, -0.2) is 14.3 Å². The molecule has 0 unspecified atom stereocenters. The second kappa shape index (κ2) is 9.34. The average Bonchev–Trinajstić information content (AvgIpc) is 3.13. The van der Waals surface area contributed by atoms with Gasteiger partial charge in [0.25, 0.3) is 11.5 Å². The molecule has 0 aliphatic rings. The number of nitrogens with zero attached hydrogens (tertiary/aromatic N) is 2. The van der Waals surface area contributed by atoms with Crippen LogP contribution in [0.4, 0.5) is 5.82 Å². The van der Waals surface area contributed by atoms with Crippen molar-refractivity contribution in [3.8, 4) is 5.69 Å². The second-order valence-corrected chi connectivity index (χ2v) is 7.25. The number of aryl methyl sites for hydroxylation is 1. The summed E-state index contributed by atoms with van der Waals surface area (Å²) in [4.78, 5) is 45.2. The van der Waals surface area contributed by atoms with Crippen molar-refractivity contribution in [1.29, 1.82) is 0 Å². The van der Waals surface area contributed by atoms with Gasteiger partial charge in [-0.1, -0.05) is 24.3 Å². The van der Waals surface area contributed by atoms with Gasteiger partial charge in [-0.3, -0.25) is 14.6 Å². The van der Waals surface area contributed by atoms with Gasteiger partial charge >= 0.3 is 5.69 Å². The lowest BCUT2D eigenvalue weighted by Crippen LogP contribution is -2.34. The number of fused-ring (bicyclic) bond motifs is 1. The molecule has 0 atom stereocenters. The van der Waals surface area contributed by atoms with Crippen LogP contribution in [0.5, 0.6) is 0 Å². The Labute approximate surface area is 183 Å². The van der Waals surface area contributed by atoms with Crippen LogP contribution in [0.25, 0.3) is 16.8 Å². The lowest BCUT2D eigenvalue weighted by molar-refractivity contribution is 0.0953. The van der Waals surface area contributed by atoms with E-state index in [9.17, 15) is 14.4 Å². The summed E-state index contributed by atoms with van der Waals surface area (Å²) in [6.07, 6.45) is 3.29. The van der Waals surface area contributed by atoms with Gasteiger partial charge in [0.2, 0.25) is 5.71 Å². The van der Waals surface area contributed by atoms with Crippen LogP contribution in [-0.4, -0.2) is 33.5 Å². The highest BCUT2D eigenvalue weighted by Crippen LogP contribution is 2.20. The summed E-state index contributed by atoms with van der Waals surface area (Å²) in [7, 11) is 0. The van der Waals surface area contributed by atoms with Crippen LogP contribution in [0.1, 0.15) is 29.0 Å². The maximum absolute atomic E-state index is 13.1. The maximum Gasteiger partial charge on any atom is 0.335 e. The number of para-hydroxylation sites is 1. The van der Waals surface area contributed by atoms with Gasteiger partial charge in [-0.15, -0.1) is 0 Å². The molecule has 0 saturated carbocycles. The molecule has 9 nitrogen and oxygen atoms in total. The standard InChI is InChI=1S/C23H23N5O4/c1-15-18(20(29)26-14-8-7-13-25-17-11-5-6-12-24-17)19-21(32-15)27-23(31)28(22(19)30)16-9-3-2-4-10-16/h2-6,9-12H,7-8,13-14H2,1H3,(H,24,25)(H,26,29)(H,27,31). The summed E-state index contributed by atoms with van der Waals surface area (Å²) >= 11 is 0. The van der Waals surface area contributed by atoms with Crippen molar-refractivity contribution in [2.24, 2.45) is 0 Å². The van der Waals surface area contributed by atoms with E-state index in [1.165, 1.54) is 0 Å². The molecule has 9 heteroatoms. The van der Waals surface area contributed by atoms with Crippen molar-refractivity contribution < 1.29 is 9.21 Å². The molecule has 0 bridgehead atoms. The molecule has 4 aromatic rings. The molecule has 0 aliphatic heterocycles. The van der Waals surface area contributed by atoms with Crippen LogP contribution in [-0.2, 0) is 0 Å². The molecule has 164 valence electrons. The van der Waals surface area contributed by atoms with Crippen LogP contribution in [0.2, 0.25) is 0 Å². The fraction of sp³-hybridized carbons (Fsp3) is 0.217. The molecule has 3 aromatic heterocycles. The Bertz CT molecular complexity index is 1340. The number of furan rings is 1. The average molecular weight is 433 g/mol. The lowest BCUT2D eigenvalue weighted by Gasteiger charge is -2.07. The first kappa shape index (κ1) is 21.1. The number of anilines is 1. The highest BCUT2D eigenvalue weighted by molar-refractivity contribution is 6.06. The molecule has 4 rings (SSSR count). The van der Waals surface area contributed by atoms with Crippen molar-refractivity contribution in [2.75, 3.05) is 18.4 Å². The first-order valence-electron chi connectivity index (χ1n) is 10.3. The number of pyridine rings is 1. The Morgan fingerprint density at radius 2 is 1.81 bits per heavy atom. The smallest absolute Gasteiger partial charge is 0.335 e.